The van der Waals surface area contributed by atoms with Gasteiger partial charge in [0, 0.05) is 17.7 Å². The van der Waals surface area contributed by atoms with E-state index in [1.807, 2.05) is 11.8 Å². The number of nitrogens with zero attached hydrogens (tertiary/aromatic N) is 2. The van der Waals surface area contributed by atoms with E-state index >= 15 is 0 Å². The fourth-order valence-electron chi connectivity index (χ4n) is 4.55. The molecule has 0 aromatic heterocycles. The van der Waals surface area contributed by atoms with Crippen LogP contribution in [-0.4, -0.2) is 39.5 Å². The Labute approximate surface area is 200 Å². The van der Waals surface area contributed by atoms with Gasteiger partial charge in [0.15, 0.2) is 5.17 Å². The Bertz CT molecular complexity index is 953. The van der Waals surface area contributed by atoms with E-state index in [9.17, 15) is 0 Å². The van der Waals surface area contributed by atoms with Crippen LogP contribution < -0.4 is 4.74 Å². The van der Waals surface area contributed by atoms with Crippen LogP contribution >= 0.6 is 35.7 Å². The van der Waals surface area contributed by atoms with E-state index in [-0.39, 0.29) is 0 Å². The van der Waals surface area contributed by atoms with Gasteiger partial charge in [-0.2, -0.15) is 0 Å². The smallest absolute Gasteiger partial charge is 0.169 e. The molecule has 0 unspecified atom stereocenters. The predicted molar refractivity (Wildman–Crippen MR) is 142 cm³/mol. The summed E-state index contributed by atoms with van der Waals surface area (Å²) in [7, 11) is 0. The van der Waals surface area contributed by atoms with Gasteiger partial charge in [-0.1, -0.05) is 86.5 Å². The van der Waals surface area contributed by atoms with Crippen LogP contribution in [0.2, 0.25) is 0 Å². The molecule has 0 N–H and O–H groups in total. The minimum Gasteiger partial charge on any atom is -0.494 e. The van der Waals surface area contributed by atoms with E-state index in [2.05, 4.69) is 54.5 Å². The van der Waals surface area contributed by atoms with E-state index in [0.717, 1.165) is 58.1 Å². The first-order chi connectivity index (χ1) is 15.1. The highest BCUT2D eigenvalue weighted by atomic mass is 32.2. The maximum absolute atomic E-state index is 5.96. The van der Waals surface area contributed by atoms with Gasteiger partial charge in [-0.15, -0.1) is 0 Å². The molecule has 0 amide bonds. The molecular formula is C25H32N2OS3. The summed E-state index contributed by atoms with van der Waals surface area (Å²) in [6, 6.07) is 12.7. The molecule has 2 fully saturated rings. The Balaban J connectivity index is 1.65. The normalized spacial score (nSPS) is 19.8. The number of thioether (sulfide) groups is 2. The minimum absolute atomic E-state index is 0.390. The van der Waals surface area contributed by atoms with Gasteiger partial charge >= 0.3 is 0 Å². The second-order valence-corrected chi connectivity index (χ2v) is 11.0. The van der Waals surface area contributed by atoms with Crippen molar-refractivity contribution in [1.82, 2.24) is 4.90 Å². The fraction of sp³-hybridized carbons (Fsp3) is 0.520. The van der Waals surface area contributed by atoms with Crippen molar-refractivity contribution >= 4 is 61.7 Å². The predicted octanol–water partition coefficient (Wildman–Crippen LogP) is 7.65. The summed E-state index contributed by atoms with van der Waals surface area (Å²) in [4.78, 5) is 7.47. The van der Waals surface area contributed by atoms with Crippen molar-refractivity contribution in [3.63, 3.8) is 0 Å². The number of fused-ring (bicyclic) bond motifs is 1. The summed E-state index contributed by atoms with van der Waals surface area (Å²) in [6.45, 7) is 3.95. The van der Waals surface area contributed by atoms with E-state index in [0.29, 0.717) is 5.41 Å². The number of hydrogen-bond donors (Lipinski definition) is 0. The largest absolute Gasteiger partial charge is 0.494 e. The highest BCUT2D eigenvalue weighted by molar-refractivity contribution is 8.23. The number of unbranched alkanes of at least 4 members (excludes halogenated alkanes) is 1. The lowest BCUT2D eigenvalue weighted by Gasteiger charge is -2.45. The lowest BCUT2D eigenvalue weighted by molar-refractivity contribution is 0.194. The molecule has 1 aliphatic carbocycles. The van der Waals surface area contributed by atoms with Crippen LogP contribution in [0.3, 0.4) is 0 Å². The van der Waals surface area contributed by atoms with Gasteiger partial charge in [-0.25, -0.2) is 4.99 Å². The summed E-state index contributed by atoms with van der Waals surface area (Å²) < 4.78 is 6.89. The highest BCUT2D eigenvalue weighted by Crippen LogP contribution is 2.44. The molecule has 166 valence electrons. The van der Waals surface area contributed by atoms with Crippen LogP contribution in [0.25, 0.3) is 10.8 Å². The average molecular weight is 473 g/mol. The third-order valence-electron chi connectivity index (χ3n) is 6.35. The summed E-state index contributed by atoms with van der Waals surface area (Å²) >= 11 is 9.31. The quantitative estimate of drug-likeness (QED) is 0.329. The van der Waals surface area contributed by atoms with Crippen molar-refractivity contribution in [2.45, 2.75) is 51.9 Å². The number of thiocarbonyl (C=S) groups is 1. The molecule has 1 spiro atoms. The van der Waals surface area contributed by atoms with E-state index in [1.54, 1.807) is 11.8 Å². The topological polar surface area (TPSA) is 24.8 Å². The molecule has 1 saturated carbocycles. The number of aliphatic imine (C=N–C) groups is 1. The Hall–Kier alpha value is -1.24. The summed E-state index contributed by atoms with van der Waals surface area (Å²) in [5.41, 5.74) is 1.38. The minimum atomic E-state index is 0.390. The van der Waals surface area contributed by atoms with Gasteiger partial charge in [0.1, 0.15) is 10.1 Å². The SMILES string of the molecule is CCCCOc1ccc2cccc(/N=C3\SCC4(CCCCC4)CN3C(=S)SC)c2c1. The Morgan fingerprint density at radius 2 is 2.06 bits per heavy atom. The average Bonchev–Trinajstić information content (AvgIpc) is 2.81. The number of benzene rings is 2. The zero-order valence-electron chi connectivity index (χ0n) is 18.6. The maximum Gasteiger partial charge on any atom is 0.169 e. The molecule has 0 atom stereocenters. The second-order valence-electron chi connectivity index (χ2n) is 8.66. The van der Waals surface area contributed by atoms with Crippen LogP contribution in [0.4, 0.5) is 5.69 Å². The molecule has 3 nitrogen and oxygen atoms in total. The summed E-state index contributed by atoms with van der Waals surface area (Å²) in [6.07, 6.45) is 11.0. The molecule has 1 saturated heterocycles. The van der Waals surface area contributed by atoms with E-state index in [1.165, 1.54) is 37.5 Å². The van der Waals surface area contributed by atoms with Gasteiger partial charge in [0.2, 0.25) is 0 Å². The number of rotatable bonds is 5. The van der Waals surface area contributed by atoms with Crippen LogP contribution in [0, 0.1) is 5.41 Å². The lowest BCUT2D eigenvalue weighted by Crippen LogP contribution is -2.48. The van der Waals surface area contributed by atoms with Crippen molar-refractivity contribution in [1.29, 1.82) is 0 Å². The molecule has 0 radical (unpaired) electrons. The van der Waals surface area contributed by atoms with Gasteiger partial charge in [-0.05, 0) is 54.5 Å². The Morgan fingerprint density at radius 3 is 2.84 bits per heavy atom. The molecule has 0 bridgehead atoms. The van der Waals surface area contributed by atoms with Gasteiger partial charge in [0.05, 0.1) is 12.3 Å². The van der Waals surface area contributed by atoms with E-state index < -0.39 is 0 Å². The lowest BCUT2D eigenvalue weighted by atomic mass is 9.75. The van der Waals surface area contributed by atoms with Crippen LogP contribution in [0.15, 0.2) is 41.4 Å². The molecular weight excluding hydrogens is 440 g/mol. The van der Waals surface area contributed by atoms with Gasteiger partial charge in [-0.3, -0.25) is 0 Å². The van der Waals surface area contributed by atoms with Crippen molar-refractivity contribution < 1.29 is 4.74 Å². The Morgan fingerprint density at radius 1 is 1.23 bits per heavy atom. The van der Waals surface area contributed by atoms with Gasteiger partial charge in [0.25, 0.3) is 0 Å². The summed E-state index contributed by atoms with van der Waals surface area (Å²) in [5, 5.41) is 3.37. The van der Waals surface area contributed by atoms with E-state index in [4.69, 9.17) is 21.9 Å². The number of amidine groups is 1. The molecule has 1 heterocycles. The second kappa shape index (κ2) is 10.6. The van der Waals surface area contributed by atoms with Gasteiger partial charge < -0.3 is 9.64 Å². The standard InChI is InChI=1S/C25H32N2OS3/c1-3-4-15-28-20-12-11-19-9-8-10-22(21(19)16-20)26-23-27(24(29)30-2)17-25(18-31-23)13-6-5-7-14-25/h8-12,16H,3-7,13-15,17-18H2,1-2H3/b26-23-. The third-order valence-corrected chi connectivity index (χ3v) is 8.97. The third kappa shape index (κ3) is 5.40. The molecule has 2 aliphatic rings. The van der Waals surface area contributed by atoms with Crippen molar-refractivity contribution in [2.24, 2.45) is 10.4 Å². The maximum atomic E-state index is 5.96. The molecule has 2 aromatic rings. The first kappa shape index (κ1) is 22.9. The van der Waals surface area contributed by atoms with Crippen molar-refractivity contribution in [2.75, 3.05) is 25.2 Å². The van der Waals surface area contributed by atoms with Crippen LogP contribution in [0.5, 0.6) is 5.75 Å². The number of hydrogen-bond acceptors (Lipinski definition) is 5. The molecule has 4 rings (SSSR count). The molecule has 2 aromatic carbocycles. The monoisotopic (exact) mass is 472 g/mol. The van der Waals surface area contributed by atoms with Crippen molar-refractivity contribution in [3.05, 3.63) is 36.4 Å². The van der Waals surface area contributed by atoms with Crippen LogP contribution in [0.1, 0.15) is 51.9 Å². The number of ether oxygens (including phenoxy) is 1. The highest BCUT2D eigenvalue weighted by Gasteiger charge is 2.40. The zero-order chi connectivity index (χ0) is 21.7. The molecule has 31 heavy (non-hydrogen) atoms. The first-order valence-electron chi connectivity index (χ1n) is 11.4. The zero-order valence-corrected chi connectivity index (χ0v) is 21.0. The van der Waals surface area contributed by atoms with Crippen LogP contribution in [-0.2, 0) is 0 Å². The Kier molecular flexibility index (Phi) is 7.83. The summed E-state index contributed by atoms with van der Waals surface area (Å²) in [5.74, 6) is 2.07. The molecule has 6 heteroatoms. The fourth-order valence-corrected chi connectivity index (χ4v) is 6.48. The first-order valence-corrected chi connectivity index (χ1v) is 14.0. The molecule has 1 aliphatic heterocycles. The van der Waals surface area contributed by atoms with Crippen molar-refractivity contribution in [3.8, 4) is 5.75 Å².